The molecule has 4 heterocycles. The van der Waals surface area contributed by atoms with Crippen LogP contribution in [-0.4, -0.2) is 32.5 Å². The fourth-order valence-electron chi connectivity index (χ4n) is 3.99. The molecule has 3 aromatic heterocycles. The number of hydrogen-bond donors (Lipinski definition) is 1. The van der Waals surface area contributed by atoms with Gasteiger partial charge in [-0.05, 0) is 42.5 Å². The monoisotopic (exact) mass is 305 g/mol. The fraction of sp³-hybridized carbons (Fsp3) is 0.333. The molecule has 2 atom stereocenters. The number of rotatable bonds is 2. The molecule has 5 heteroatoms. The highest BCUT2D eigenvalue weighted by Gasteiger charge is 2.32. The predicted octanol–water partition coefficient (Wildman–Crippen LogP) is 2.36. The molecule has 2 unspecified atom stereocenters. The number of nitrogens with zero attached hydrogens (tertiary/aromatic N) is 4. The fourth-order valence-corrected chi connectivity index (χ4v) is 3.99. The smallest absolute Gasteiger partial charge is 0.0736 e. The Bertz CT molecular complexity index is 917. The quantitative estimate of drug-likeness (QED) is 0.790. The van der Waals surface area contributed by atoms with Crippen LogP contribution in [-0.2, 0) is 7.05 Å². The lowest BCUT2D eigenvalue weighted by Crippen LogP contribution is -2.09. The van der Waals surface area contributed by atoms with Crippen LogP contribution >= 0.6 is 0 Å². The van der Waals surface area contributed by atoms with Crippen LogP contribution in [0.2, 0.25) is 0 Å². The highest BCUT2D eigenvalue weighted by Crippen LogP contribution is 2.40. The lowest BCUT2D eigenvalue weighted by molar-refractivity contribution is 0.536. The zero-order chi connectivity index (χ0) is 15.4. The molecule has 23 heavy (non-hydrogen) atoms. The van der Waals surface area contributed by atoms with Crippen molar-refractivity contribution >= 4 is 11.1 Å². The summed E-state index contributed by atoms with van der Waals surface area (Å²) in [4.78, 5) is 0. The largest absolute Gasteiger partial charge is 0.316 e. The number of aromatic nitrogens is 4. The number of hydrogen-bond acceptors (Lipinski definition) is 3. The van der Waals surface area contributed by atoms with E-state index in [9.17, 15) is 0 Å². The van der Waals surface area contributed by atoms with Crippen LogP contribution < -0.4 is 5.32 Å². The average molecular weight is 305 g/mol. The molecule has 0 aromatic carbocycles. The minimum Gasteiger partial charge on any atom is -0.316 e. The van der Waals surface area contributed by atoms with Gasteiger partial charge in [0.25, 0.3) is 0 Å². The van der Waals surface area contributed by atoms with Crippen LogP contribution in [0.3, 0.4) is 0 Å². The van der Waals surface area contributed by atoms with Crippen LogP contribution in [0.5, 0.6) is 0 Å². The summed E-state index contributed by atoms with van der Waals surface area (Å²) in [5.41, 5.74) is 6.28. The molecule has 0 radical (unpaired) electrons. The van der Waals surface area contributed by atoms with Crippen molar-refractivity contribution in [2.45, 2.75) is 6.42 Å². The van der Waals surface area contributed by atoms with Crippen molar-refractivity contribution < 1.29 is 0 Å². The zero-order valence-electron chi connectivity index (χ0n) is 13.1. The summed E-state index contributed by atoms with van der Waals surface area (Å²) in [6.07, 6.45) is 11.6. The molecule has 116 valence electrons. The molecule has 1 saturated heterocycles. The van der Waals surface area contributed by atoms with Crippen molar-refractivity contribution in [3.05, 3.63) is 48.6 Å². The van der Waals surface area contributed by atoms with E-state index in [-0.39, 0.29) is 0 Å². The maximum Gasteiger partial charge on any atom is 0.0736 e. The van der Waals surface area contributed by atoms with Gasteiger partial charge in [0.1, 0.15) is 0 Å². The van der Waals surface area contributed by atoms with Crippen molar-refractivity contribution in [2.75, 3.05) is 13.1 Å². The molecule has 1 N–H and O–H groups in total. The summed E-state index contributed by atoms with van der Waals surface area (Å²) in [7, 11) is 1.95. The maximum absolute atomic E-state index is 4.47. The van der Waals surface area contributed by atoms with E-state index in [1.54, 1.807) is 0 Å². The summed E-state index contributed by atoms with van der Waals surface area (Å²) in [5.74, 6) is 1.45. The van der Waals surface area contributed by atoms with Crippen LogP contribution in [0.15, 0.2) is 43.0 Å². The van der Waals surface area contributed by atoms with E-state index in [0.717, 1.165) is 31.0 Å². The summed E-state index contributed by atoms with van der Waals surface area (Å²) in [6.45, 7) is 2.26. The Morgan fingerprint density at radius 1 is 1.17 bits per heavy atom. The first-order chi connectivity index (χ1) is 11.3. The van der Waals surface area contributed by atoms with Gasteiger partial charge in [-0.15, -0.1) is 0 Å². The highest BCUT2D eigenvalue weighted by molar-refractivity contribution is 5.83. The molecular formula is C18H19N5. The first kappa shape index (κ1) is 13.1. The Balaban J connectivity index is 1.66. The standard InChI is InChI=1S/C18H19N5/c1-22-10-16(9-21-22)15-6-17(18-2-3-20-23(18)11-15)12-4-13-7-19-8-14(13)5-12/h2-4,6,9-11,13-14,19H,5,7-8H2,1H3. The van der Waals surface area contributed by atoms with E-state index in [1.165, 1.54) is 22.2 Å². The van der Waals surface area contributed by atoms with Gasteiger partial charge in [0.15, 0.2) is 0 Å². The van der Waals surface area contributed by atoms with Gasteiger partial charge in [-0.3, -0.25) is 4.68 Å². The number of aryl methyl sites for hydroxylation is 1. The van der Waals surface area contributed by atoms with Gasteiger partial charge in [-0.25, -0.2) is 4.52 Å². The molecule has 1 aliphatic carbocycles. The third-order valence-corrected chi connectivity index (χ3v) is 5.18. The zero-order valence-corrected chi connectivity index (χ0v) is 13.1. The predicted molar refractivity (Wildman–Crippen MR) is 89.8 cm³/mol. The second kappa shape index (κ2) is 4.80. The Morgan fingerprint density at radius 3 is 2.96 bits per heavy atom. The molecule has 2 aliphatic rings. The van der Waals surface area contributed by atoms with Gasteiger partial charge in [0.2, 0.25) is 0 Å². The van der Waals surface area contributed by atoms with Crippen molar-refractivity contribution in [3.8, 4) is 11.1 Å². The minimum absolute atomic E-state index is 0.690. The maximum atomic E-state index is 4.47. The Morgan fingerprint density at radius 2 is 2.13 bits per heavy atom. The molecule has 0 amide bonds. The lowest BCUT2D eigenvalue weighted by atomic mass is 9.97. The van der Waals surface area contributed by atoms with Gasteiger partial charge < -0.3 is 5.32 Å². The molecule has 1 aliphatic heterocycles. The second-order valence-corrected chi connectivity index (χ2v) is 6.68. The lowest BCUT2D eigenvalue weighted by Gasteiger charge is -2.10. The van der Waals surface area contributed by atoms with E-state index in [4.69, 9.17) is 0 Å². The van der Waals surface area contributed by atoms with Crippen LogP contribution in [0, 0.1) is 11.8 Å². The van der Waals surface area contributed by atoms with Gasteiger partial charge in [-0.1, -0.05) is 6.08 Å². The summed E-state index contributed by atoms with van der Waals surface area (Å²) >= 11 is 0. The van der Waals surface area contributed by atoms with Gasteiger partial charge in [-0.2, -0.15) is 10.2 Å². The summed E-state index contributed by atoms with van der Waals surface area (Å²) < 4.78 is 3.83. The topological polar surface area (TPSA) is 47.2 Å². The molecule has 3 aromatic rings. The van der Waals surface area contributed by atoms with Crippen LogP contribution in [0.25, 0.3) is 22.2 Å². The number of nitrogens with one attached hydrogen (secondary N) is 1. The Kier molecular flexibility index (Phi) is 2.73. The van der Waals surface area contributed by atoms with Crippen LogP contribution in [0.4, 0.5) is 0 Å². The summed E-state index contributed by atoms with van der Waals surface area (Å²) in [5, 5.41) is 12.3. The molecule has 1 fully saturated rings. The van der Waals surface area contributed by atoms with Gasteiger partial charge in [0.05, 0.1) is 11.7 Å². The van der Waals surface area contributed by atoms with Crippen molar-refractivity contribution in [3.63, 3.8) is 0 Å². The van der Waals surface area contributed by atoms with E-state index < -0.39 is 0 Å². The van der Waals surface area contributed by atoms with E-state index in [1.807, 2.05) is 28.6 Å². The highest BCUT2D eigenvalue weighted by atomic mass is 15.2. The molecule has 0 saturated carbocycles. The number of fused-ring (bicyclic) bond motifs is 2. The normalized spacial score (nSPS) is 23.4. The molecular weight excluding hydrogens is 286 g/mol. The van der Waals surface area contributed by atoms with Gasteiger partial charge >= 0.3 is 0 Å². The molecule has 0 spiro atoms. The van der Waals surface area contributed by atoms with E-state index >= 15 is 0 Å². The second-order valence-electron chi connectivity index (χ2n) is 6.68. The molecule has 0 bridgehead atoms. The SMILES string of the molecule is Cn1cc(-c2cc(C3=CC4CNCC4C3)c3ccnn3c2)cn1. The summed E-state index contributed by atoms with van der Waals surface area (Å²) in [6, 6.07) is 4.41. The number of pyridine rings is 1. The Labute approximate surface area is 134 Å². The first-order valence-corrected chi connectivity index (χ1v) is 8.16. The van der Waals surface area contributed by atoms with Crippen molar-refractivity contribution in [2.24, 2.45) is 18.9 Å². The van der Waals surface area contributed by atoms with E-state index in [2.05, 4.69) is 46.1 Å². The third-order valence-electron chi connectivity index (χ3n) is 5.18. The van der Waals surface area contributed by atoms with Crippen molar-refractivity contribution in [1.82, 2.24) is 24.7 Å². The van der Waals surface area contributed by atoms with E-state index in [0.29, 0.717) is 5.92 Å². The minimum atomic E-state index is 0.690. The average Bonchev–Trinajstić information content (AvgIpc) is 3.29. The molecule has 5 nitrogen and oxygen atoms in total. The molecule has 5 rings (SSSR count). The van der Waals surface area contributed by atoms with Crippen molar-refractivity contribution in [1.29, 1.82) is 0 Å². The third kappa shape index (κ3) is 2.04. The number of allylic oxidation sites excluding steroid dienone is 1. The first-order valence-electron chi connectivity index (χ1n) is 8.16. The van der Waals surface area contributed by atoms with Gasteiger partial charge in [0, 0.05) is 48.9 Å². The Hall–Kier alpha value is -2.40. The van der Waals surface area contributed by atoms with Crippen LogP contribution in [0.1, 0.15) is 12.0 Å².